The molecule has 0 radical (unpaired) electrons. The van der Waals surface area contributed by atoms with Crippen molar-refractivity contribution >= 4 is 11.9 Å². The van der Waals surface area contributed by atoms with Gasteiger partial charge < -0.3 is 10.0 Å². The first-order chi connectivity index (χ1) is 10.2. The summed E-state index contributed by atoms with van der Waals surface area (Å²) in [4.78, 5) is 25.7. The van der Waals surface area contributed by atoms with Gasteiger partial charge in [-0.25, -0.2) is 0 Å². The van der Waals surface area contributed by atoms with Crippen molar-refractivity contribution in [2.45, 2.75) is 6.18 Å². The summed E-state index contributed by atoms with van der Waals surface area (Å²) in [5.74, 6) is -5.37. The Bertz CT molecular complexity index is 441. The van der Waals surface area contributed by atoms with Gasteiger partial charge in [-0.1, -0.05) is 12.2 Å². The van der Waals surface area contributed by atoms with E-state index in [1.54, 1.807) is 0 Å². The van der Waals surface area contributed by atoms with Crippen LogP contribution in [0, 0.1) is 11.8 Å². The highest BCUT2D eigenvalue weighted by Crippen LogP contribution is 2.37. The van der Waals surface area contributed by atoms with E-state index >= 15 is 0 Å². The Hall–Kier alpha value is -1.83. The molecule has 0 aliphatic carbocycles. The highest BCUT2D eigenvalue weighted by molar-refractivity contribution is 5.79. The van der Waals surface area contributed by atoms with Gasteiger partial charge in [-0.05, 0) is 0 Å². The molecule has 2 atom stereocenters. The van der Waals surface area contributed by atoms with Gasteiger partial charge in [0.2, 0.25) is 5.91 Å². The number of aliphatic carboxylic acids is 1. The molecule has 0 saturated carbocycles. The summed E-state index contributed by atoms with van der Waals surface area (Å²) in [6, 6.07) is 0. The van der Waals surface area contributed by atoms with Crippen LogP contribution in [0.4, 0.5) is 13.2 Å². The van der Waals surface area contributed by atoms with Crippen LogP contribution in [0.25, 0.3) is 0 Å². The quantitative estimate of drug-likeness (QED) is 0.720. The van der Waals surface area contributed by atoms with E-state index in [-0.39, 0.29) is 32.1 Å². The lowest BCUT2D eigenvalue weighted by atomic mass is 9.96. The minimum absolute atomic E-state index is 0.252. The number of hydrogen-bond acceptors (Lipinski definition) is 3. The Morgan fingerprint density at radius 2 is 1.77 bits per heavy atom. The molecule has 124 valence electrons. The fraction of sp³-hybridized carbons (Fsp3) is 0.571. The molecule has 0 aromatic heterocycles. The lowest BCUT2D eigenvalue weighted by Crippen LogP contribution is -2.40. The van der Waals surface area contributed by atoms with Crippen molar-refractivity contribution in [3.63, 3.8) is 0 Å². The molecule has 0 aromatic rings. The van der Waals surface area contributed by atoms with Gasteiger partial charge in [0, 0.05) is 26.2 Å². The number of rotatable bonds is 7. The molecule has 0 bridgehead atoms. The third-order valence-corrected chi connectivity index (χ3v) is 3.54. The van der Waals surface area contributed by atoms with Gasteiger partial charge in [-0.15, -0.1) is 13.2 Å². The zero-order valence-electron chi connectivity index (χ0n) is 12.1. The van der Waals surface area contributed by atoms with Crippen molar-refractivity contribution < 1.29 is 27.9 Å². The summed E-state index contributed by atoms with van der Waals surface area (Å²) in [5.41, 5.74) is 0. The predicted molar refractivity (Wildman–Crippen MR) is 74.1 cm³/mol. The van der Waals surface area contributed by atoms with Crippen LogP contribution in [0.15, 0.2) is 25.3 Å². The van der Waals surface area contributed by atoms with E-state index < -0.39 is 30.5 Å². The van der Waals surface area contributed by atoms with Crippen LogP contribution in [0.2, 0.25) is 0 Å². The SMILES string of the molecule is C=CCN(CC=C)C(=O)CN1C[C@@H](C(F)(F)F)[C@H](C(=O)O)C1. The fourth-order valence-electron chi connectivity index (χ4n) is 2.48. The molecule has 0 aromatic carbocycles. The predicted octanol–water partition coefficient (Wildman–Crippen LogP) is 1.38. The van der Waals surface area contributed by atoms with Gasteiger partial charge in [0.05, 0.1) is 18.4 Å². The minimum Gasteiger partial charge on any atom is -0.481 e. The maximum atomic E-state index is 12.9. The molecule has 0 unspecified atom stereocenters. The maximum absolute atomic E-state index is 12.9. The summed E-state index contributed by atoms with van der Waals surface area (Å²) in [7, 11) is 0. The van der Waals surface area contributed by atoms with Crippen LogP contribution >= 0.6 is 0 Å². The van der Waals surface area contributed by atoms with Crippen molar-refractivity contribution in [3.8, 4) is 0 Å². The highest BCUT2D eigenvalue weighted by atomic mass is 19.4. The standard InChI is InChI=1S/C14H19F3N2O3/c1-3-5-19(6-4-2)12(20)9-18-7-10(13(21)22)11(8-18)14(15,16)17/h3-4,10-11H,1-2,5-9H2,(H,21,22)/t10-,11-/m1/s1. The zero-order valence-corrected chi connectivity index (χ0v) is 12.1. The monoisotopic (exact) mass is 320 g/mol. The van der Waals surface area contributed by atoms with Crippen molar-refractivity contribution in [2.75, 3.05) is 32.7 Å². The smallest absolute Gasteiger partial charge is 0.393 e. The number of halogens is 3. The Balaban J connectivity index is 2.74. The molecule has 1 saturated heterocycles. The molecule has 1 N–H and O–H groups in total. The highest BCUT2D eigenvalue weighted by Gasteiger charge is 2.52. The average Bonchev–Trinajstić information content (AvgIpc) is 2.82. The average molecular weight is 320 g/mol. The second-order valence-corrected chi connectivity index (χ2v) is 5.16. The van der Waals surface area contributed by atoms with Crippen molar-refractivity contribution in [1.29, 1.82) is 0 Å². The molecule has 8 heteroatoms. The summed E-state index contributed by atoms with van der Waals surface area (Å²) < 4.78 is 38.6. The van der Waals surface area contributed by atoms with E-state index in [9.17, 15) is 22.8 Å². The van der Waals surface area contributed by atoms with Gasteiger partial charge >= 0.3 is 12.1 Å². The van der Waals surface area contributed by atoms with Crippen LogP contribution in [0.3, 0.4) is 0 Å². The van der Waals surface area contributed by atoms with E-state index in [4.69, 9.17) is 5.11 Å². The maximum Gasteiger partial charge on any atom is 0.393 e. The van der Waals surface area contributed by atoms with E-state index in [1.165, 1.54) is 22.0 Å². The van der Waals surface area contributed by atoms with E-state index in [0.29, 0.717) is 0 Å². The first kappa shape index (κ1) is 18.2. The van der Waals surface area contributed by atoms with Crippen LogP contribution in [0.5, 0.6) is 0 Å². The summed E-state index contributed by atoms with van der Waals surface area (Å²) >= 11 is 0. The lowest BCUT2D eigenvalue weighted by Gasteiger charge is -2.23. The number of carbonyl (C=O) groups excluding carboxylic acids is 1. The fourth-order valence-corrected chi connectivity index (χ4v) is 2.48. The number of alkyl halides is 3. The first-order valence-corrected chi connectivity index (χ1v) is 6.72. The van der Waals surface area contributed by atoms with Gasteiger partial charge in [-0.3, -0.25) is 14.5 Å². The molecule has 1 rings (SSSR count). The van der Waals surface area contributed by atoms with Gasteiger partial charge in [0.15, 0.2) is 0 Å². The first-order valence-electron chi connectivity index (χ1n) is 6.72. The molecular weight excluding hydrogens is 301 g/mol. The summed E-state index contributed by atoms with van der Waals surface area (Å²) in [6.07, 6.45) is -1.59. The van der Waals surface area contributed by atoms with Crippen LogP contribution in [-0.2, 0) is 9.59 Å². The summed E-state index contributed by atoms with van der Waals surface area (Å²) in [6.45, 7) is 6.50. The topological polar surface area (TPSA) is 60.9 Å². The Morgan fingerprint density at radius 3 is 2.14 bits per heavy atom. The molecule has 22 heavy (non-hydrogen) atoms. The number of likely N-dealkylation sites (tertiary alicyclic amines) is 1. The van der Waals surface area contributed by atoms with E-state index in [1.807, 2.05) is 0 Å². The molecule has 0 spiro atoms. The molecular formula is C14H19F3N2O3. The van der Waals surface area contributed by atoms with Crippen molar-refractivity contribution in [2.24, 2.45) is 11.8 Å². The Labute approximate surface area is 126 Å². The molecule has 1 aliphatic heterocycles. The van der Waals surface area contributed by atoms with Crippen LogP contribution < -0.4 is 0 Å². The number of carboxylic acids is 1. The molecule has 1 heterocycles. The number of amides is 1. The largest absolute Gasteiger partial charge is 0.481 e. The zero-order chi connectivity index (χ0) is 16.9. The Morgan fingerprint density at radius 1 is 1.23 bits per heavy atom. The third-order valence-electron chi connectivity index (χ3n) is 3.54. The minimum atomic E-state index is -4.59. The van der Waals surface area contributed by atoms with Crippen LogP contribution in [-0.4, -0.2) is 65.7 Å². The normalized spacial score (nSPS) is 22.3. The van der Waals surface area contributed by atoms with Gasteiger partial charge in [-0.2, -0.15) is 13.2 Å². The molecule has 1 aliphatic rings. The molecule has 1 amide bonds. The Kier molecular flexibility index (Phi) is 6.16. The number of carbonyl (C=O) groups is 2. The van der Waals surface area contributed by atoms with E-state index in [2.05, 4.69) is 13.2 Å². The number of hydrogen-bond donors (Lipinski definition) is 1. The second kappa shape index (κ2) is 7.44. The summed E-state index contributed by atoms with van der Waals surface area (Å²) in [5, 5.41) is 8.93. The number of carboxylic acid groups (broad SMARTS) is 1. The van der Waals surface area contributed by atoms with E-state index in [0.717, 1.165) is 0 Å². The molecule has 1 fully saturated rings. The second-order valence-electron chi connectivity index (χ2n) is 5.16. The van der Waals surface area contributed by atoms with Gasteiger partial charge in [0.1, 0.15) is 0 Å². The lowest BCUT2D eigenvalue weighted by molar-refractivity contribution is -0.188. The number of nitrogens with zero attached hydrogens (tertiary/aromatic N) is 2. The van der Waals surface area contributed by atoms with Crippen molar-refractivity contribution in [3.05, 3.63) is 25.3 Å². The van der Waals surface area contributed by atoms with Crippen molar-refractivity contribution in [1.82, 2.24) is 9.80 Å². The molecule has 5 nitrogen and oxygen atoms in total. The van der Waals surface area contributed by atoms with Crippen LogP contribution in [0.1, 0.15) is 0 Å². The van der Waals surface area contributed by atoms with Gasteiger partial charge in [0.25, 0.3) is 0 Å². The third kappa shape index (κ3) is 4.59.